The maximum atomic E-state index is 12.5. The molecular formula is C22H27NO3. The van der Waals surface area contributed by atoms with Gasteiger partial charge >= 0.3 is 0 Å². The Morgan fingerprint density at radius 2 is 1.77 bits per heavy atom. The van der Waals surface area contributed by atoms with Crippen molar-refractivity contribution in [2.45, 2.75) is 38.8 Å². The van der Waals surface area contributed by atoms with Gasteiger partial charge in [0.15, 0.2) is 11.5 Å². The van der Waals surface area contributed by atoms with E-state index in [1.807, 2.05) is 60.5 Å². The summed E-state index contributed by atoms with van der Waals surface area (Å²) in [6, 6.07) is 15.9. The van der Waals surface area contributed by atoms with Crippen LogP contribution in [0, 0.1) is 5.92 Å². The molecule has 0 spiro atoms. The number of hydrogen-bond acceptors (Lipinski definition) is 3. The lowest BCUT2D eigenvalue weighted by atomic mass is 10.1. The monoisotopic (exact) mass is 353 g/mol. The smallest absolute Gasteiger partial charge is 0.225 e. The number of nitrogens with zero attached hydrogens (tertiary/aromatic N) is 1. The third-order valence-corrected chi connectivity index (χ3v) is 4.97. The van der Waals surface area contributed by atoms with Gasteiger partial charge < -0.3 is 14.4 Å². The predicted octanol–water partition coefficient (Wildman–Crippen LogP) is 4.42. The number of carbonyl (C=O) groups is 1. The van der Waals surface area contributed by atoms with E-state index in [9.17, 15) is 4.79 Å². The van der Waals surface area contributed by atoms with Crippen molar-refractivity contribution in [2.75, 3.05) is 14.2 Å². The lowest BCUT2D eigenvalue weighted by molar-refractivity contribution is -0.134. The molecule has 2 aromatic carbocycles. The molecule has 138 valence electrons. The van der Waals surface area contributed by atoms with Gasteiger partial charge in [-0.05, 0) is 36.1 Å². The van der Waals surface area contributed by atoms with Crippen LogP contribution in [-0.2, 0) is 17.9 Å². The van der Waals surface area contributed by atoms with E-state index in [1.54, 1.807) is 7.11 Å². The lowest BCUT2D eigenvalue weighted by Crippen LogP contribution is -2.31. The maximum Gasteiger partial charge on any atom is 0.225 e. The second-order valence-corrected chi connectivity index (χ2v) is 6.94. The summed E-state index contributed by atoms with van der Waals surface area (Å²) in [5, 5.41) is 0. The zero-order chi connectivity index (χ0) is 18.4. The van der Waals surface area contributed by atoms with Crippen molar-refractivity contribution in [1.82, 2.24) is 4.90 Å². The molecule has 0 N–H and O–H groups in total. The molecule has 1 aliphatic rings. The Kier molecular flexibility index (Phi) is 6.16. The van der Waals surface area contributed by atoms with Gasteiger partial charge in [-0.25, -0.2) is 0 Å². The van der Waals surface area contributed by atoms with Gasteiger partial charge in [0.2, 0.25) is 5.91 Å². The van der Waals surface area contributed by atoms with E-state index >= 15 is 0 Å². The van der Waals surface area contributed by atoms with Crippen LogP contribution < -0.4 is 9.47 Å². The summed E-state index contributed by atoms with van der Waals surface area (Å²) in [4.78, 5) is 14.3. The van der Waals surface area contributed by atoms with E-state index in [1.165, 1.54) is 12.8 Å². The van der Waals surface area contributed by atoms with E-state index in [0.717, 1.165) is 24.0 Å². The molecular weight excluding hydrogens is 326 g/mol. The molecule has 4 heteroatoms. The van der Waals surface area contributed by atoms with E-state index in [2.05, 4.69) is 0 Å². The first-order valence-electron chi connectivity index (χ1n) is 9.26. The molecule has 2 aromatic rings. The molecule has 0 aliphatic heterocycles. The van der Waals surface area contributed by atoms with Crippen molar-refractivity contribution >= 4 is 5.91 Å². The summed E-state index contributed by atoms with van der Waals surface area (Å²) in [5.74, 6) is 1.87. The van der Waals surface area contributed by atoms with E-state index in [4.69, 9.17) is 9.47 Å². The summed E-state index contributed by atoms with van der Waals surface area (Å²) >= 11 is 0. The third-order valence-electron chi connectivity index (χ3n) is 4.97. The highest BCUT2D eigenvalue weighted by Crippen LogP contribution is 2.30. The predicted molar refractivity (Wildman–Crippen MR) is 102 cm³/mol. The largest absolute Gasteiger partial charge is 0.493 e. The highest BCUT2D eigenvalue weighted by molar-refractivity contribution is 5.78. The molecule has 0 heterocycles. The van der Waals surface area contributed by atoms with Crippen LogP contribution in [0.5, 0.6) is 11.5 Å². The molecule has 26 heavy (non-hydrogen) atoms. The normalized spacial score (nSPS) is 14.2. The molecule has 1 fully saturated rings. The van der Waals surface area contributed by atoms with Crippen molar-refractivity contribution < 1.29 is 14.3 Å². The SMILES string of the molecule is COc1cc(CN(C)C(=O)C2CCCC2)ccc1OCc1ccccc1. The minimum Gasteiger partial charge on any atom is -0.493 e. The Morgan fingerprint density at radius 3 is 2.46 bits per heavy atom. The summed E-state index contributed by atoms with van der Waals surface area (Å²) in [6.07, 6.45) is 4.40. The summed E-state index contributed by atoms with van der Waals surface area (Å²) in [5.41, 5.74) is 2.16. The van der Waals surface area contributed by atoms with Crippen LogP contribution in [0.25, 0.3) is 0 Å². The zero-order valence-electron chi connectivity index (χ0n) is 15.6. The average Bonchev–Trinajstić information content (AvgIpc) is 3.21. The second kappa shape index (κ2) is 8.75. The van der Waals surface area contributed by atoms with E-state index in [-0.39, 0.29) is 11.8 Å². The molecule has 0 bridgehead atoms. The molecule has 0 aromatic heterocycles. The first kappa shape index (κ1) is 18.3. The topological polar surface area (TPSA) is 38.8 Å². The molecule has 0 saturated heterocycles. The Hall–Kier alpha value is -2.49. The minimum absolute atomic E-state index is 0.204. The van der Waals surface area contributed by atoms with Crippen molar-refractivity contribution in [3.05, 3.63) is 59.7 Å². The van der Waals surface area contributed by atoms with Gasteiger partial charge in [0.25, 0.3) is 0 Å². The first-order valence-corrected chi connectivity index (χ1v) is 9.26. The number of benzene rings is 2. The number of rotatable bonds is 7. The Bertz CT molecular complexity index is 723. The Labute approximate surface area is 155 Å². The van der Waals surface area contributed by atoms with Crippen LogP contribution in [0.15, 0.2) is 48.5 Å². The number of ether oxygens (including phenoxy) is 2. The molecule has 0 radical (unpaired) electrons. The number of amides is 1. The summed E-state index contributed by atoms with van der Waals surface area (Å²) in [6.45, 7) is 1.08. The van der Waals surface area contributed by atoms with Crippen molar-refractivity contribution in [3.8, 4) is 11.5 Å². The van der Waals surface area contributed by atoms with Gasteiger partial charge in [-0.15, -0.1) is 0 Å². The fraction of sp³-hybridized carbons (Fsp3) is 0.409. The number of methoxy groups -OCH3 is 1. The van der Waals surface area contributed by atoms with Crippen LogP contribution >= 0.6 is 0 Å². The second-order valence-electron chi connectivity index (χ2n) is 6.94. The van der Waals surface area contributed by atoms with Crippen LogP contribution in [0.3, 0.4) is 0 Å². The molecule has 4 nitrogen and oxygen atoms in total. The third kappa shape index (κ3) is 4.57. The fourth-order valence-corrected chi connectivity index (χ4v) is 3.50. The van der Waals surface area contributed by atoms with Gasteiger partial charge in [0.05, 0.1) is 7.11 Å². The highest BCUT2D eigenvalue weighted by Gasteiger charge is 2.25. The molecule has 1 aliphatic carbocycles. The van der Waals surface area contributed by atoms with Crippen LogP contribution in [-0.4, -0.2) is 25.0 Å². The van der Waals surface area contributed by atoms with Gasteiger partial charge in [0, 0.05) is 19.5 Å². The van der Waals surface area contributed by atoms with Gasteiger partial charge in [-0.3, -0.25) is 4.79 Å². The van der Waals surface area contributed by atoms with Crippen LogP contribution in [0.2, 0.25) is 0 Å². The standard InChI is InChI=1S/C22H27NO3/c1-23(22(24)19-10-6-7-11-19)15-18-12-13-20(21(14-18)25-2)26-16-17-8-4-3-5-9-17/h3-5,8-9,12-14,19H,6-7,10-11,15-16H2,1-2H3. The average molecular weight is 353 g/mol. The quantitative estimate of drug-likeness (QED) is 0.739. The Balaban J connectivity index is 1.63. The number of hydrogen-bond donors (Lipinski definition) is 0. The summed E-state index contributed by atoms with van der Waals surface area (Å²) in [7, 11) is 3.52. The van der Waals surface area contributed by atoms with Crippen molar-refractivity contribution in [2.24, 2.45) is 5.92 Å². The summed E-state index contributed by atoms with van der Waals surface area (Å²) < 4.78 is 11.4. The van der Waals surface area contributed by atoms with Crippen molar-refractivity contribution in [3.63, 3.8) is 0 Å². The molecule has 1 saturated carbocycles. The van der Waals surface area contributed by atoms with E-state index in [0.29, 0.717) is 24.7 Å². The lowest BCUT2D eigenvalue weighted by Gasteiger charge is -2.21. The van der Waals surface area contributed by atoms with Gasteiger partial charge in [0.1, 0.15) is 6.61 Å². The highest BCUT2D eigenvalue weighted by atomic mass is 16.5. The van der Waals surface area contributed by atoms with Gasteiger partial charge in [-0.1, -0.05) is 49.2 Å². The van der Waals surface area contributed by atoms with Crippen LogP contribution in [0.4, 0.5) is 0 Å². The minimum atomic E-state index is 0.204. The van der Waals surface area contributed by atoms with Crippen molar-refractivity contribution in [1.29, 1.82) is 0 Å². The fourth-order valence-electron chi connectivity index (χ4n) is 3.50. The Morgan fingerprint density at radius 1 is 1.04 bits per heavy atom. The molecule has 0 atom stereocenters. The molecule has 0 unspecified atom stereocenters. The zero-order valence-corrected chi connectivity index (χ0v) is 15.6. The van der Waals surface area contributed by atoms with Gasteiger partial charge in [-0.2, -0.15) is 0 Å². The molecule has 3 rings (SSSR count). The van der Waals surface area contributed by atoms with Crippen LogP contribution in [0.1, 0.15) is 36.8 Å². The first-order chi connectivity index (χ1) is 12.7. The molecule has 1 amide bonds. The number of carbonyl (C=O) groups excluding carboxylic acids is 1. The maximum absolute atomic E-state index is 12.5. The van der Waals surface area contributed by atoms with E-state index < -0.39 is 0 Å².